The zero-order valence-corrected chi connectivity index (χ0v) is 13.7. The van der Waals surface area contributed by atoms with Crippen LogP contribution in [-0.2, 0) is 4.79 Å². The first kappa shape index (κ1) is 17.0. The van der Waals surface area contributed by atoms with Gasteiger partial charge in [-0.15, -0.1) is 0 Å². The second kappa shape index (κ2) is 8.34. The van der Waals surface area contributed by atoms with Gasteiger partial charge in [0.25, 0.3) is 0 Å². The molecular formula is C19H24N2O2. The zero-order chi connectivity index (χ0) is 16.7. The van der Waals surface area contributed by atoms with Crippen LogP contribution in [0.25, 0.3) is 0 Å². The summed E-state index contributed by atoms with van der Waals surface area (Å²) in [5.41, 5.74) is 6.71. The van der Waals surface area contributed by atoms with Crippen molar-refractivity contribution in [2.24, 2.45) is 5.73 Å². The second-order valence-electron chi connectivity index (χ2n) is 5.79. The van der Waals surface area contributed by atoms with E-state index in [0.717, 1.165) is 17.1 Å². The van der Waals surface area contributed by atoms with Crippen LogP contribution in [0.5, 0.6) is 11.5 Å². The minimum Gasteiger partial charge on any atom is -0.457 e. The Hall–Kier alpha value is -2.33. The highest BCUT2D eigenvalue weighted by Gasteiger charge is 2.10. The van der Waals surface area contributed by atoms with Gasteiger partial charge in [0.05, 0.1) is 6.04 Å². The lowest BCUT2D eigenvalue weighted by Crippen LogP contribution is -2.28. The Kier molecular flexibility index (Phi) is 6.18. The Morgan fingerprint density at radius 2 is 1.65 bits per heavy atom. The predicted octanol–water partition coefficient (Wildman–Crippen LogP) is 3.78. The topological polar surface area (TPSA) is 64.4 Å². The number of nitrogens with one attached hydrogen (secondary N) is 1. The van der Waals surface area contributed by atoms with Gasteiger partial charge in [-0.3, -0.25) is 4.79 Å². The Bertz CT molecular complexity index is 609. The highest BCUT2D eigenvalue weighted by atomic mass is 16.5. The van der Waals surface area contributed by atoms with E-state index in [4.69, 9.17) is 10.5 Å². The Morgan fingerprint density at radius 1 is 1.04 bits per heavy atom. The van der Waals surface area contributed by atoms with Crippen LogP contribution >= 0.6 is 0 Å². The van der Waals surface area contributed by atoms with E-state index in [2.05, 4.69) is 5.32 Å². The third-order valence-corrected chi connectivity index (χ3v) is 3.56. The lowest BCUT2D eigenvalue weighted by Gasteiger charge is -2.15. The molecule has 0 saturated carbocycles. The monoisotopic (exact) mass is 312 g/mol. The lowest BCUT2D eigenvalue weighted by atomic mass is 10.1. The fourth-order valence-corrected chi connectivity index (χ4v) is 2.20. The van der Waals surface area contributed by atoms with Gasteiger partial charge in [0.15, 0.2) is 0 Å². The highest BCUT2D eigenvalue weighted by Crippen LogP contribution is 2.23. The van der Waals surface area contributed by atoms with Crippen molar-refractivity contribution in [3.8, 4) is 11.5 Å². The van der Waals surface area contributed by atoms with Gasteiger partial charge in [0, 0.05) is 12.5 Å². The Morgan fingerprint density at radius 3 is 2.26 bits per heavy atom. The van der Waals surface area contributed by atoms with E-state index in [1.165, 1.54) is 0 Å². The minimum atomic E-state index is -0.0404. The van der Waals surface area contributed by atoms with Crippen molar-refractivity contribution in [1.29, 1.82) is 0 Å². The number of benzene rings is 2. The standard InChI is InChI=1S/C19H24N2O2/c1-14(20)8-13-19(22)21-15(2)16-9-11-18(12-10-16)23-17-6-4-3-5-7-17/h3-7,9-12,14-15H,8,13,20H2,1-2H3,(H,21,22). The third kappa shape index (κ3) is 5.75. The molecule has 3 N–H and O–H groups in total. The quantitative estimate of drug-likeness (QED) is 0.817. The molecule has 2 atom stereocenters. The van der Waals surface area contributed by atoms with E-state index in [9.17, 15) is 4.79 Å². The molecule has 0 spiro atoms. The van der Waals surface area contributed by atoms with Gasteiger partial charge in [-0.2, -0.15) is 0 Å². The SMILES string of the molecule is CC(N)CCC(=O)NC(C)c1ccc(Oc2ccccc2)cc1. The van der Waals surface area contributed by atoms with Gasteiger partial charge >= 0.3 is 0 Å². The molecule has 4 heteroatoms. The number of para-hydroxylation sites is 1. The average molecular weight is 312 g/mol. The van der Waals surface area contributed by atoms with Gasteiger partial charge in [0.1, 0.15) is 11.5 Å². The fourth-order valence-electron chi connectivity index (χ4n) is 2.20. The Balaban J connectivity index is 1.89. The average Bonchev–Trinajstić information content (AvgIpc) is 2.54. The first-order valence-corrected chi connectivity index (χ1v) is 7.92. The molecule has 1 amide bonds. The maximum Gasteiger partial charge on any atom is 0.220 e. The number of hydrogen-bond acceptors (Lipinski definition) is 3. The molecule has 0 heterocycles. The number of hydrogen-bond donors (Lipinski definition) is 2. The lowest BCUT2D eigenvalue weighted by molar-refractivity contribution is -0.121. The number of carbonyl (C=O) groups is 1. The van der Waals surface area contributed by atoms with Crippen molar-refractivity contribution in [2.75, 3.05) is 0 Å². The molecule has 0 aromatic heterocycles. The molecule has 0 bridgehead atoms. The third-order valence-electron chi connectivity index (χ3n) is 3.56. The number of ether oxygens (including phenoxy) is 1. The van der Waals surface area contributed by atoms with Crippen molar-refractivity contribution in [1.82, 2.24) is 5.32 Å². The van der Waals surface area contributed by atoms with Gasteiger partial charge < -0.3 is 15.8 Å². The largest absolute Gasteiger partial charge is 0.457 e. The van der Waals surface area contributed by atoms with Gasteiger partial charge in [0.2, 0.25) is 5.91 Å². The second-order valence-corrected chi connectivity index (χ2v) is 5.79. The van der Waals surface area contributed by atoms with Crippen molar-refractivity contribution < 1.29 is 9.53 Å². The molecule has 4 nitrogen and oxygen atoms in total. The summed E-state index contributed by atoms with van der Waals surface area (Å²) < 4.78 is 5.76. The molecule has 0 fully saturated rings. The van der Waals surface area contributed by atoms with Crippen LogP contribution in [0.15, 0.2) is 54.6 Å². The van der Waals surface area contributed by atoms with Gasteiger partial charge in [-0.25, -0.2) is 0 Å². The first-order chi connectivity index (χ1) is 11.0. The van der Waals surface area contributed by atoms with Crippen LogP contribution in [0.1, 0.15) is 38.3 Å². The molecule has 2 aromatic rings. The summed E-state index contributed by atoms with van der Waals surface area (Å²) in [6.45, 7) is 3.87. The maximum absolute atomic E-state index is 11.8. The first-order valence-electron chi connectivity index (χ1n) is 7.92. The summed E-state index contributed by atoms with van der Waals surface area (Å²) in [6.07, 6.45) is 1.15. The summed E-state index contributed by atoms with van der Waals surface area (Å²) in [7, 11) is 0. The predicted molar refractivity (Wildman–Crippen MR) is 92.4 cm³/mol. The molecule has 0 aliphatic heterocycles. The highest BCUT2D eigenvalue weighted by molar-refractivity contribution is 5.76. The molecule has 0 radical (unpaired) electrons. The van der Waals surface area contributed by atoms with Gasteiger partial charge in [-0.05, 0) is 50.1 Å². The van der Waals surface area contributed by atoms with Crippen molar-refractivity contribution in [2.45, 2.75) is 38.8 Å². The van der Waals surface area contributed by atoms with Crippen molar-refractivity contribution >= 4 is 5.91 Å². The van der Waals surface area contributed by atoms with Crippen LogP contribution in [0, 0.1) is 0 Å². The molecule has 0 aliphatic rings. The van der Waals surface area contributed by atoms with E-state index in [0.29, 0.717) is 12.8 Å². The van der Waals surface area contributed by atoms with Crippen LogP contribution in [0.3, 0.4) is 0 Å². The smallest absolute Gasteiger partial charge is 0.220 e. The molecule has 122 valence electrons. The normalized spacial score (nSPS) is 13.2. The molecule has 2 rings (SSSR count). The van der Waals surface area contributed by atoms with Crippen LogP contribution < -0.4 is 15.8 Å². The van der Waals surface area contributed by atoms with E-state index in [1.807, 2.05) is 68.4 Å². The number of nitrogens with two attached hydrogens (primary N) is 1. The van der Waals surface area contributed by atoms with Gasteiger partial charge in [-0.1, -0.05) is 30.3 Å². The molecular weight excluding hydrogens is 288 g/mol. The van der Waals surface area contributed by atoms with Crippen molar-refractivity contribution in [3.63, 3.8) is 0 Å². The van der Waals surface area contributed by atoms with E-state index >= 15 is 0 Å². The maximum atomic E-state index is 11.8. The minimum absolute atomic E-state index is 0.0272. The number of amides is 1. The van der Waals surface area contributed by atoms with Crippen LogP contribution in [-0.4, -0.2) is 11.9 Å². The van der Waals surface area contributed by atoms with E-state index < -0.39 is 0 Å². The van der Waals surface area contributed by atoms with E-state index in [-0.39, 0.29) is 18.0 Å². The van der Waals surface area contributed by atoms with Crippen LogP contribution in [0.4, 0.5) is 0 Å². The molecule has 2 aromatic carbocycles. The number of carbonyl (C=O) groups excluding carboxylic acids is 1. The number of rotatable bonds is 7. The van der Waals surface area contributed by atoms with Crippen molar-refractivity contribution in [3.05, 3.63) is 60.2 Å². The molecule has 0 saturated heterocycles. The summed E-state index contributed by atoms with van der Waals surface area (Å²) >= 11 is 0. The summed E-state index contributed by atoms with van der Waals surface area (Å²) in [4.78, 5) is 11.8. The Labute approximate surface area is 137 Å². The molecule has 0 aliphatic carbocycles. The molecule has 23 heavy (non-hydrogen) atoms. The zero-order valence-electron chi connectivity index (χ0n) is 13.7. The fraction of sp³-hybridized carbons (Fsp3) is 0.316. The molecule has 2 unspecified atom stereocenters. The summed E-state index contributed by atoms with van der Waals surface area (Å²) in [5.74, 6) is 1.60. The van der Waals surface area contributed by atoms with Crippen LogP contribution in [0.2, 0.25) is 0 Å². The van der Waals surface area contributed by atoms with E-state index in [1.54, 1.807) is 0 Å². The summed E-state index contributed by atoms with van der Waals surface area (Å²) in [6, 6.07) is 17.4. The summed E-state index contributed by atoms with van der Waals surface area (Å²) in [5, 5.41) is 2.99.